The van der Waals surface area contributed by atoms with E-state index in [0.717, 1.165) is 12.1 Å². The Morgan fingerprint density at radius 3 is 2.46 bits per heavy atom. The number of hydrogen-bond donors (Lipinski definition) is 1. The van der Waals surface area contributed by atoms with E-state index in [1.165, 1.54) is 37.4 Å². The van der Waals surface area contributed by atoms with Crippen molar-refractivity contribution in [1.29, 1.82) is 0 Å². The maximum Gasteiger partial charge on any atom is 0.416 e. The van der Waals surface area contributed by atoms with Crippen molar-refractivity contribution in [3.63, 3.8) is 0 Å². The first-order chi connectivity index (χ1) is 17.5. The number of halogens is 3. The highest BCUT2D eigenvalue weighted by Crippen LogP contribution is 2.36. The number of nitrogens with one attached hydrogen (secondary N) is 1. The average Bonchev–Trinajstić information content (AvgIpc) is 3.49. The molecule has 0 saturated carbocycles. The molecule has 190 valence electrons. The summed E-state index contributed by atoms with van der Waals surface area (Å²) < 4.78 is 83.8. The van der Waals surface area contributed by atoms with Gasteiger partial charge >= 0.3 is 6.18 Å². The van der Waals surface area contributed by atoms with Gasteiger partial charge in [-0.25, -0.2) is 8.42 Å². The summed E-state index contributed by atoms with van der Waals surface area (Å²) in [6, 6.07) is 15.3. The number of sulfonamides is 1. The van der Waals surface area contributed by atoms with Gasteiger partial charge in [0.15, 0.2) is 5.76 Å². The molecule has 0 aliphatic rings. The van der Waals surface area contributed by atoms with Gasteiger partial charge in [-0.1, -0.05) is 17.3 Å². The first-order valence-electron chi connectivity index (χ1n) is 10.8. The molecule has 5 aromatic rings. The van der Waals surface area contributed by atoms with E-state index in [9.17, 15) is 21.6 Å². The molecular formula is C25H18F3N3O5S. The van der Waals surface area contributed by atoms with Gasteiger partial charge in [-0.05, 0) is 61.5 Å². The van der Waals surface area contributed by atoms with E-state index < -0.39 is 21.8 Å². The predicted octanol–water partition coefficient (Wildman–Crippen LogP) is 6.29. The zero-order chi connectivity index (χ0) is 26.4. The van der Waals surface area contributed by atoms with Crippen LogP contribution in [0.3, 0.4) is 0 Å². The van der Waals surface area contributed by atoms with Crippen LogP contribution in [-0.2, 0) is 16.2 Å². The molecule has 0 atom stereocenters. The Morgan fingerprint density at radius 2 is 1.76 bits per heavy atom. The van der Waals surface area contributed by atoms with Crippen LogP contribution in [0.5, 0.6) is 5.75 Å². The van der Waals surface area contributed by atoms with Crippen LogP contribution in [0.25, 0.3) is 34.0 Å². The van der Waals surface area contributed by atoms with Crippen LogP contribution >= 0.6 is 0 Å². The molecular weight excluding hydrogens is 511 g/mol. The number of ether oxygens (including phenoxy) is 1. The van der Waals surface area contributed by atoms with E-state index in [1.54, 1.807) is 31.2 Å². The van der Waals surface area contributed by atoms with E-state index in [2.05, 4.69) is 14.9 Å². The second-order valence-corrected chi connectivity index (χ2v) is 9.73. The third-order valence-electron chi connectivity index (χ3n) is 5.63. The third-order valence-corrected chi connectivity index (χ3v) is 7.01. The summed E-state index contributed by atoms with van der Waals surface area (Å²) in [5.74, 6) is 0.663. The minimum atomic E-state index is -4.52. The minimum absolute atomic E-state index is 0.00134. The molecule has 5 rings (SSSR count). The van der Waals surface area contributed by atoms with Crippen molar-refractivity contribution < 1.29 is 35.3 Å². The monoisotopic (exact) mass is 529 g/mol. The number of aromatic nitrogens is 2. The van der Waals surface area contributed by atoms with E-state index in [0.29, 0.717) is 28.0 Å². The lowest BCUT2D eigenvalue weighted by molar-refractivity contribution is -0.137. The van der Waals surface area contributed by atoms with Crippen molar-refractivity contribution in [3.8, 4) is 28.8 Å². The van der Waals surface area contributed by atoms with Gasteiger partial charge in [0.2, 0.25) is 5.82 Å². The van der Waals surface area contributed by atoms with E-state index >= 15 is 0 Å². The third kappa shape index (κ3) is 4.75. The van der Waals surface area contributed by atoms with E-state index in [-0.39, 0.29) is 27.9 Å². The summed E-state index contributed by atoms with van der Waals surface area (Å²) >= 11 is 0. The SMILES string of the molecule is COc1ccc(NS(=O)(=O)c2ccc3oc(-c4nc(-c5cccc(C(F)(F)F)c5)no4)c(C)c3c2)cc1. The fourth-order valence-electron chi connectivity index (χ4n) is 3.71. The number of furan rings is 1. The summed E-state index contributed by atoms with van der Waals surface area (Å²) in [4.78, 5) is 4.19. The fourth-order valence-corrected chi connectivity index (χ4v) is 4.80. The van der Waals surface area contributed by atoms with Gasteiger partial charge in [0.05, 0.1) is 17.6 Å². The number of nitrogens with zero attached hydrogens (tertiary/aromatic N) is 2. The maximum atomic E-state index is 13.1. The summed E-state index contributed by atoms with van der Waals surface area (Å²) in [5, 5.41) is 4.28. The van der Waals surface area contributed by atoms with Crippen molar-refractivity contribution in [3.05, 3.63) is 77.9 Å². The molecule has 0 fully saturated rings. The van der Waals surface area contributed by atoms with Gasteiger partial charge in [0.25, 0.3) is 15.9 Å². The summed E-state index contributed by atoms with van der Waals surface area (Å²) in [6.07, 6.45) is -4.52. The summed E-state index contributed by atoms with van der Waals surface area (Å²) in [6.45, 7) is 1.68. The van der Waals surface area contributed by atoms with Crippen molar-refractivity contribution in [2.24, 2.45) is 0 Å². The molecule has 3 aromatic carbocycles. The van der Waals surface area contributed by atoms with Crippen LogP contribution in [0.15, 0.2) is 80.6 Å². The van der Waals surface area contributed by atoms with Gasteiger partial charge < -0.3 is 13.7 Å². The zero-order valence-corrected chi connectivity index (χ0v) is 20.1. The largest absolute Gasteiger partial charge is 0.497 e. The average molecular weight is 529 g/mol. The molecule has 2 aromatic heterocycles. The van der Waals surface area contributed by atoms with Gasteiger partial charge in [-0.2, -0.15) is 18.2 Å². The van der Waals surface area contributed by atoms with Crippen LogP contribution in [0.1, 0.15) is 11.1 Å². The molecule has 37 heavy (non-hydrogen) atoms. The lowest BCUT2D eigenvalue weighted by atomic mass is 10.1. The van der Waals surface area contributed by atoms with Gasteiger partial charge in [-0.3, -0.25) is 4.72 Å². The first-order valence-corrected chi connectivity index (χ1v) is 12.3. The van der Waals surface area contributed by atoms with Crippen LogP contribution in [0.2, 0.25) is 0 Å². The van der Waals surface area contributed by atoms with Crippen LogP contribution in [0, 0.1) is 6.92 Å². The fraction of sp³-hybridized carbons (Fsp3) is 0.120. The van der Waals surface area contributed by atoms with Crippen molar-refractivity contribution >= 4 is 26.7 Å². The first kappa shape index (κ1) is 24.4. The molecule has 0 unspecified atom stereocenters. The van der Waals surface area contributed by atoms with Crippen LogP contribution < -0.4 is 9.46 Å². The van der Waals surface area contributed by atoms with Crippen LogP contribution in [-0.4, -0.2) is 25.7 Å². The summed E-state index contributed by atoms with van der Waals surface area (Å²) in [5.41, 5.74) is 0.536. The Balaban J connectivity index is 1.46. The van der Waals surface area contributed by atoms with Gasteiger partial charge in [-0.15, -0.1) is 0 Å². The zero-order valence-electron chi connectivity index (χ0n) is 19.3. The Kier molecular flexibility index (Phi) is 5.91. The van der Waals surface area contributed by atoms with Gasteiger partial charge in [0.1, 0.15) is 11.3 Å². The highest BCUT2D eigenvalue weighted by Gasteiger charge is 2.31. The maximum absolute atomic E-state index is 13.1. The molecule has 0 bridgehead atoms. The number of rotatable bonds is 6. The number of fused-ring (bicyclic) bond motifs is 1. The highest BCUT2D eigenvalue weighted by molar-refractivity contribution is 7.92. The second kappa shape index (κ2) is 8.96. The molecule has 8 nitrogen and oxygen atoms in total. The van der Waals surface area contributed by atoms with Crippen molar-refractivity contribution in [2.45, 2.75) is 18.0 Å². The topological polar surface area (TPSA) is 107 Å². The number of benzene rings is 3. The molecule has 0 radical (unpaired) electrons. The highest BCUT2D eigenvalue weighted by atomic mass is 32.2. The smallest absolute Gasteiger partial charge is 0.416 e. The lowest BCUT2D eigenvalue weighted by Gasteiger charge is -2.09. The number of hydrogen-bond acceptors (Lipinski definition) is 7. The molecule has 0 amide bonds. The number of alkyl halides is 3. The minimum Gasteiger partial charge on any atom is -0.497 e. The lowest BCUT2D eigenvalue weighted by Crippen LogP contribution is -2.12. The molecule has 0 saturated heterocycles. The Bertz CT molecular complexity index is 1710. The second-order valence-electron chi connectivity index (χ2n) is 8.05. The predicted molar refractivity (Wildman–Crippen MR) is 128 cm³/mol. The molecule has 2 heterocycles. The molecule has 0 spiro atoms. The normalized spacial score (nSPS) is 12.1. The van der Waals surface area contributed by atoms with E-state index in [1.807, 2.05) is 0 Å². The molecule has 12 heteroatoms. The summed E-state index contributed by atoms with van der Waals surface area (Å²) in [7, 11) is -2.41. The van der Waals surface area contributed by atoms with E-state index in [4.69, 9.17) is 13.7 Å². The van der Waals surface area contributed by atoms with Crippen molar-refractivity contribution in [2.75, 3.05) is 11.8 Å². The standard InChI is InChI=1S/C25H18F3N3O5S/c1-14-20-13-19(37(32,33)31-17-6-8-18(34-2)9-7-17)10-11-21(20)35-22(14)24-29-23(30-36-24)15-4-3-5-16(12-15)25(26,27)28/h3-13,31H,1-2H3. The quantitative estimate of drug-likeness (QED) is 0.276. The molecule has 1 N–H and O–H groups in total. The molecule has 0 aliphatic carbocycles. The molecule has 0 aliphatic heterocycles. The van der Waals surface area contributed by atoms with Crippen molar-refractivity contribution in [1.82, 2.24) is 10.1 Å². The van der Waals surface area contributed by atoms with Crippen LogP contribution in [0.4, 0.5) is 18.9 Å². The number of anilines is 1. The number of aryl methyl sites for hydroxylation is 1. The van der Waals surface area contributed by atoms with Gasteiger partial charge in [0, 0.05) is 22.2 Å². The number of methoxy groups -OCH3 is 1. The Labute approximate surface area is 208 Å². The Morgan fingerprint density at radius 1 is 1.00 bits per heavy atom. The Hall–Kier alpha value is -4.32.